The summed E-state index contributed by atoms with van der Waals surface area (Å²) >= 11 is 6.23. The van der Waals surface area contributed by atoms with E-state index in [1.54, 1.807) is 42.5 Å². The van der Waals surface area contributed by atoms with Gasteiger partial charge in [-0.15, -0.1) is 0 Å². The lowest BCUT2D eigenvalue weighted by Gasteiger charge is -2.15. The van der Waals surface area contributed by atoms with E-state index in [0.717, 1.165) is 16.8 Å². The van der Waals surface area contributed by atoms with E-state index in [4.69, 9.17) is 17.0 Å². The number of carbonyl (C=O) groups is 2. The molecular formula is C18H14N2O4S2. The number of carbonyl (C=O) groups excluding carboxylic acids is 2. The fourth-order valence-corrected chi connectivity index (χ4v) is 3.39. The van der Waals surface area contributed by atoms with Crippen molar-refractivity contribution in [1.29, 1.82) is 0 Å². The molecule has 26 heavy (non-hydrogen) atoms. The Hall–Kier alpha value is -2.84. The SMILES string of the molecule is COc1ccc(C(=O)NN2C(=O)/C(=C/c3ccccc3O)SC2=S)cc1. The lowest BCUT2D eigenvalue weighted by Crippen LogP contribution is -2.44. The fraction of sp³-hybridized carbons (Fsp3) is 0.0556. The summed E-state index contributed by atoms with van der Waals surface area (Å²) in [6.45, 7) is 0. The summed E-state index contributed by atoms with van der Waals surface area (Å²) in [5.41, 5.74) is 3.36. The van der Waals surface area contributed by atoms with E-state index in [1.807, 2.05) is 0 Å². The molecule has 2 amide bonds. The number of phenols is 1. The third-order valence-electron chi connectivity index (χ3n) is 3.58. The summed E-state index contributed by atoms with van der Waals surface area (Å²) in [7, 11) is 1.53. The van der Waals surface area contributed by atoms with Crippen LogP contribution < -0.4 is 10.2 Å². The van der Waals surface area contributed by atoms with Gasteiger partial charge in [0.25, 0.3) is 11.8 Å². The number of thioether (sulfide) groups is 1. The van der Waals surface area contributed by atoms with Gasteiger partial charge in [0.05, 0.1) is 12.0 Å². The molecule has 6 nitrogen and oxygen atoms in total. The summed E-state index contributed by atoms with van der Waals surface area (Å²) in [6, 6.07) is 13.1. The van der Waals surface area contributed by atoms with Crippen LogP contribution in [0.3, 0.4) is 0 Å². The van der Waals surface area contributed by atoms with E-state index < -0.39 is 11.8 Å². The zero-order chi connectivity index (χ0) is 18.7. The minimum atomic E-state index is -0.465. The summed E-state index contributed by atoms with van der Waals surface area (Å²) in [4.78, 5) is 25.2. The van der Waals surface area contributed by atoms with Gasteiger partial charge in [0, 0.05) is 11.1 Å². The van der Waals surface area contributed by atoms with E-state index >= 15 is 0 Å². The molecule has 0 spiro atoms. The number of nitrogens with zero attached hydrogens (tertiary/aromatic N) is 1. The van der Waals surface area contributed by atoms with Crippen LogP contribution in [-0.4, -0.2) is 33.4 Å². The largest absolute Gasteiger partial charge is 0.507 e. The first kappa shape index (κ1) is 18.0. The predicted octanol–water partition coefficient (Wildman–Crippen LogP) is 2.95. The van der Waals surface area contributed by atoms with Crippen molar-refractivity contribution in [2.75, 3.05) is 7.11 Å². The average Bonchev–Trinajstić information content (AvgIpc) is 2.91. The number of hydrogen-bond acceptors (Lipinski definition) is 6. The van der Waals surface area contributed by atoms with E-state index in [9.17, 15) is 14.7 Å². The minimum Gasteiger partial charge on any atom is -0.507 e. The Morgan fingerprint density at radius 1 is 1.23 bits per heavy atom. The molecule has 0 atom stereocenters. The maximum atomic E-state index is 12.5. The fourth-order valence-electron chi connectivity index (χ4n) is 2.22. The van der Waals surface area contributed by atoms with Gasteiger partial charge in [0.1, 0.15) is 11.5 Å². The van der Waals surface area contributed by atoms with Crippen LogP contribution in [0, 0.1) is 0 Å². The van der Waals surface area contributed by atoms with Gasteiger partial charge in [-0.25, -0.2) is 0 Å². The zero-order valence-electron chi connectivity index (χ0n) is 13.6. The van der Waals surface area contributed by atoms with Crippen LogP contribution in [0.4, 0.5) is 0 Å². The molecule has 2 N–H and O–H groups in total. The van der Waals surface area contributed by atoms with Crippen molar-refractivity contribution in [1.82, 2.24) is 10.4 Å². The Kier molecular flexibility index (Phi) is 5.24. The highest BCUT2D eigenvalue weighted by molar-refractivity contribution is 8.26. The molecule has 1 heterocycles. The average molecular weight is 386 g/mol. The predicted molar refractivity (Wildman–Crippen MR) is 104 cm³/mol. The van der Waals surface area contributed by atoms with Crippen LogP contribution >= 0.6 is 24.0 Å². The van der Waals surface area contributed by atoms with Gasteiger partial charge in [-0.1, -0.05) is 30.0 Å². The lowest BCUT2D eigenvalue weighted by molar-refractivity contribution is -0.123. The molecule has 2 aromatic carbocycles. The molecule has 2 aromatic rings. The Balaban J connectivity index is 1.76. The molecule has 3 rings (SSSR count). The van der Waals surface area contributed by atoms with Gasteiger partial charge in [-0.05, 0) is 48.6 Å². The Morgan fingerprint density at radius 3 is 2.58 bits per heavy atom. The molecule has 1 aliphatic heterocycles. The van der Waals surface area contributed by atoms with E-state index in [1.165, 1.54) is 19.3 Å². The van der Waals surface area contributed by atoms with Crippen molar-refractivity contribution >= 4 is 46.2 Å². The molecular weight excluding hydrogens is 372 g/mol. The third kappa shape index (κ3) is 3.71. The number of para-hydroxylation sites is 1. The van der Waals surface area contributed by atoms with E-state index in [0.29, 0.717) is 21.8 Å². The van der Waals surface area contributed by atoms with Crippen LogP contribution in [0.2, 0.25) is 0 Å². The van der Waals surface area contributed by atoms with Crippen molar-refractivity contribution in [3.8, 4) is 11.5 Å². The van der Waals surface area contributed by atoms with Gasteiger partial charge < -0.3 is 9.84 Å². The number of amides is 2. The Labute approximate surface area is 159 Å². The van der Waals surface area contributed by atoms with Crippen LogP contribution in [0.5, 0.6) is 11.5 Å². The number of hydrazine groups is 1. The molecule has 8 heteroatoms. The second-order valence-electron chi connectivity index (χ2n) is 5.25. The first-order chi connectivity index (χ1) is 12.5. The Bertz CT molecular complexity index is 910. The van der Waals surface area contributed by atoms with Gasteiger partial charge in [-0.2, -0.15) is 5.01 Å². The standard InChI is InChI=1S/C18H14N2O4S2/c1-24-13-8-6-11(7-9-13)16(22)19-20-17(23)15(26-18(20)25)10-12-4-2-3-5-14(12)21/h2-10,21H,1H3,(H,19,22)/b15-10-. The normalized spacial score (nSPS) is 15.4. The molecule has 0 aromatic heterocycles. The number of methoxy groups -OCH3 is 1. The summed E-state index contributed by atoms with van der Waals surface area (Å²) in [5, 5.41) is 10.9. The number of hydrogen-bond donors (Lipinski definition) is 2. The quantitative estimate of drug-likeness (QED) is 0.621. The van der Waals surface area contributed by atoms with Crippen LogP contribution in [0.15, 0.2) is 53.4 Å². The molecule has 0 saturated carbocycles. The highest BCUT2D eigenvalue weighted by Gasteiger charge is 2.33. The summed E-state index contributed by atoms with van der Waals surface area (Å²) in [5.74, 6) is -0.240. The van der Waals surface area contributed by atoms with Crippen LogP contribution in [0.1, 0.15) is 15.9 Å². The second-order valence-corrected chi connectivity index (χ2v) is 6.92. The maximum absolute atomic E-state index is 12.5. The third-order valence-corrected chi connectivity index (χ3v) is 4.88. The van der Waals surface area contributed by atoms with Gasteiger partial charge in [0.15, 0.2) is 4.32 Å². The summed E-state index contributed by atoms with van der Waals surface area (Å²) in [6.07, 6.45) is 1.54. The number of rotatable bonds is 4. The molecule has 132 valence electrons. The lowest BCUT2D eigenvalue weighted by atomic mass is 10.2. The highest BCUT2D eigenvalue weighted by atomic mass is 32.2. The van der Waals surface area contributed by atoms with Crippen molar-refractivity contribution in [2.24, 2.45) is 0 Å². The van der Waals surface area contributed by atoms with Gasteiger partial charge in [-0.3, -0.25) is 15.0 Å². The molecule has 1 saturated heterocycles. The molecule has 0 aliphatic carbocycles. The number of aromatic hydroxyl groups is 1. The van der Waals surface area contributed by atoms with Crippen LogP contribution in [-0.2, 0) is 4.79 Å². The van der Waals surface area contributed by atoms with Crippen molar-refractivity contribution in [3.05, 3.63) is 64.6 Å². The molecule has 1 aliphatic rings. The summed E-state index contributed by atoms with van der Waals surface area (Å²) < 4.78 is 5.26. The first-order valence-electron chi connectivity index (χ1n) is 7.50. The van der Waals surface area contributed by atoms with Crippen molar-refractivity contribution in [3.63, 3.8) is 0 Å². The maximum Gasteiger partial charge on any atom is 0.285 e. The number of thiocarbonyl (C=S) groups is 1. The number of phenolic OH excluding ortho intramolecular Hbond substituents is 1. The van der Waals surface area contributed by atoms with E-state index in [-0.39, 0.29) is 10.1 Å². The Morgan fingerprint density at radius 2 is 1.92 bits per heavy atom. The molecule has 0 radical (unpaired) electrons. The number of benzene rings is 2. The number of ether oxygens (including phenoxy) is 1. The van der Waals surface area contributed by atoms with Crippen molar-refractivity contribution in [2.45, 2.75) is 0 Å². The molecule has 0 unspecified atom stereocenters. The highest BCUT2D eigenvalue weighted by Crippen LogP contribution is 2.33. The van der Waals surface area contributed by atoms with E-state index in [2.05, 4.69) is 5.43 Å². The molecule has 1 fully saturated rings. The molecule has 0 bridgehead atoms. The zero-order valence-corrected chi connectivity index (χ0v) is 15.3. The van der Waals surface area contributed by atoms with Crippen LogP contribution in [0.25, 0.3) is 6.08 Å². The van der Waals surface area contributed by atoms with Crippen molar-refractivity contribution < 1.29 is 19.4 Å². The number of nitrogens with one attached hydrogen (secondary N) is 1. The monoisotopic (exact) mass is 386 g/mol. The second kappa shape index (κ2) is 7.59. The topological polar surface area (TPSA) is 78.9 Å². The minimum absolute atomic E-state index is 0.0556. The van der Waals surface area contributed by atoms with Gasteiger partial charge in [0.2, 0.25) is 0 Å². The van der Waals surface area contributed by atoms with Gasteiger partial charge >= 0.3 is 0 Å². The first-order valence-corrected chi connectivity index (χ1v) is 8.73. The smallest absolute Gasteiger partial charge is 0.285 e.